The quantitative estimate of drug-likeness (QED) is 0.586. The second-order valence-electron chi connectivity index (χ2n) is 3.72. The van der Waals surface area contributed by atoms with E-state index in [0.29, 0.717) is 24.4 Å². The van der Waals surface area contributed by atoms with Crippen LogP contribution in [0.3, 0.4) is 0 Å². The first kappa shape index (κ1) is 12.3. The fraction of sp³-hybridized carbons (Fsp3) is 0.417. The van der Waals surface area contributed by atoms with Crippen molar-refractivity contribution in [2.24, 2.45) is 0 Å². The van der Waals surface area contributed by atoms with E-state index in [4.69, 9.17) is 15.7 Å². The van der Waals surface area contributed by atoms with Crippen molar-refractivity contribution in [3.05, 3.63) is 23.8 Å². The van der Waals surface area contributed by atoms with Crippen LogP contribution in [0.2, 0.25) is 0 Å². The summed E-state index contributed by atoms with van der Waals surface area (Å²) >= 11 is 0. The molecular weight excluding hydrogens is 202 g/mol. The summed E-state index contributed by atoms with van der Waals surface area (Å²) in [6, 6.07) is 7.41. The number of benzene rings is 1. The molecule has 1 rings (SSSR count). The predicted octanol–water partition coefficient (Wildman–Crippen LogP) is 1.98. The van der Waals surface area contributed by atoms with Gasteiger partial charge in [-0.3, -0.25) is 0 Å². The lowest BCUT2D eigenvalue weighted by atomic mass is 10.1. The number of nitrogens with one attached hydrogen (secondary N) is 1. The topological polar surface area (TPSA) is 71.1 Å². The highest BCUT2D eigenvalue weighted by atomic mass is 16.5. The number of nitriles is 1. The number of rotatable bonds is 5. The van der Waals surface area contributed by atoms with Gasteiger partial charge in [-0.05, 0) is 26.0 Å². The Morgan fingerprint density at radius 2 is 2.25 bits per heavy atom. The van der Waals surface area contributed by atoms with E-state index in [2.05, 4.69) is 5.32 Å². The zero-order chi connectivity index (χ0) is 12.0. The first-order chi connectivity index (χ1) is 7.65. The minimum atomic E-state index is 0.226. The third-order valence-electron chi connectivity index (χ3n) is 2.10. The summed E-state index contributed by atoms with van der Waals surface area (Å²) in [5.74, 6) is 0. The molecular formula is C12H17N3O. The molecule has 4 nitrogen and oxygen atoms in total. The molecule has 0 saturated heterocycles. The fourth-order valence-electron chi connectivity index (χ4n) is 1.30. The van der Waals surface area contributed by atoms with E-state index in [1.54, 1.807) is 12.1 Å². The molecule has 0 radical (unpaired) electrons. The van der Waals surface area contributed by atoms with Crippen molar-refractivity contribution >= 4 is 11.4 Å². The van der Waals surface area contributed by atoms with Gasteiger partial charge in [0, 0.05) is 6.54 Å². The van der Waals surface area contributed by atoms with Gasteiger partial charge < -0.3 is 15.8 Å². The molecule has 1 aromatic rings. The second kappa shape index (κ2) is 5.99. The summed E-state index contributed by atoms with van der Waals surface area (Å²) in [6.45, 7) is 5.28. The van der Waals surface area contributed by atoms with Crippen molar-refractivity contribution < 1.29 is 4.74 Å². The van der Waals surface area contributed by atoms with Crippen molar-refractivity contribution in [2.45, 2.75) is 20.0 Å². The molecule has 0 aliphatic carbocycles. The molecule has 4 heteroatoms. The summed E-state index contributed by atoms with van der Waals surface area (Å²) in [5, 5.41) is 11.9. The number of ether oxygens (including phenoxy) is 1. The molecule has 0 amide bonds. The Kier molecular flexibility index (Phi) is 4.62. The van der Waals surface area contributed by atoms with E-state index in [1.807, 2.05) is 26.0 Å². The van der Waals surface area contributed by atoms with Crippen LogP contribution in [0.4, 0.5) is 11.4 Å². The molecule has 0 saturated carbocycles. The molecule has 3 N–H and O–H groups in total. The molecule has 0 aliphatic rings. The highest BCUT2D eigenvalue weighted by Gasteiger charge is 2.03. The number of para-hydroxylation sites is 1. The van der Waals surface area contributed by atoms with Crippen LogP contribution in [0, 0.1) is 11.3 Å². The van der Waals surface area contributed by atoms with Gasteiger partial charge in [0.15, 0.2) is 0 Å². The second-order valence-corrected chi connectivity index (χ2v) is 3.72. The van der Waals surface area contributed by atoms with Gasteiger partial charge in [-0.2, -0.15) is 5.26 Å². The summed E-state index contributed by atoms with van der Waals surface area (Å²) in [4.78, 5) is 0. The third kappa shape index (κ3) is 3.44. The predicted molar refractivity (Wildman–Crippen MR) is 65.1 cm³/mol. The monoisotopic (exact) mass is 219 g/mol. The number of nitrogens with two attached hydrogens (primary N) is 1. The normalized spacial score (nSPS) is 10.1. The van der Waals surface area contributed by atoms with Crippen LogP contribution in [0.1, 0.15) is 19.4 Å². The lowest BCUT2D eigenvalue weighted by Gasteiger charge is -2.11. The minimum absolute atomic E-state index is 0.226. The number of anilines is 2. The molecule has 0 spiro atoms. The van der Waals surface area contributed by atoms with Crippen molar-refractivity contribution in [2.75, 3.05) is 24.2 Å². The van der Waals surface area contributed by atoms with Crippen LogP contribution < -0.4 is 11.1 Å². The van der Waals surface area contributed by atoms with Gasteiger partial charge >= 0.3 is 0 Å². The van der Waals surface area contributed by atoms with Crippen LogP contribution in [0.25, 0.3) is 0 Å². The van der Waals surface area contributed by atoms with E-state index in [0.717, 1.165) is 5.69 Å². The molecule has 0 aliphatic heterocycles. The van der Waals surface area contributed by atoms with Crippen molar-refractivity contribution in [1.29, 1.82) is 5.26 Å². The molecule has 0 heterocycles. The highest BCUT2D eigenvalue weighted by Crippen LogP contribution is 2.21. The number of nitrogens with zero attached hydrogens (tertiary/aromatic N) is 1. The maximum absolute atomic E-state index is 8.80. The first-order valence-electron chi connectivity index (χ1n) is 5.29. The van der Waals surface area contributed by atoms with Crippen molar-refractivity contribution in [3.8, 4) is 6.07 Å². The average Bonchev–Trinajstić information content (AvgIpc) is 2.26. The summed E-state index contributed by atoms with van der Waals surface area (Å²) in [5.41, 5.74) is 7.58. The fourth-order valence-corrected chi connectivity index (χ4v) is 1.30. The van der Waals surface area contributed by atoms with Crippen LogP contribution >= 0.6 is 0 Å². The van der Waals surface area contributed by atoms with E-state index < -0.39 is 0 Å². The van der Waals surface area contributed by atoms with Gasteiger partial charge in [0.1, 0.15) is 6.07 Å². The van der Waals surface area contributed by atoms with E-state index in [1.165, 1.54) is 0 Å². The zero-order valence-electron chi connectivity index (χ0n) is 9.66. The van der Waals surface area contributed by atoms with Crippen LogP contribution in [-0.4, -0.2) is 19.3 Å². The minimum Gasteiger partial charge on any atom is -0.396 e. The largest absolute Gasteiger partial charge is 0.396 e. The van der Waals surface area contributed by atoms with Crippen LogP contribution in [0.5, 0.6) is 0 Å². The summed E-state index contributed by atoms with van der Waals surface area (Å²) in [6.07, 6.45) is 0.226. The van der Waals surface area contributed by atoms with Gasteiger partial charge in [0.2, 0.25) is 0 Å². The number of nitrogen functional groups attached to an aromatic ring is 1. The molecule has 0 fully saturated rings. The summed E-state index contributed by atoms with van der Waals surface area (Å²) < 4.78 is 5.39. The molecule has 0 unspecified atom stereocenters. The third-order valence-corrected chi connectivity index (χ3v) is 2.10. The first-order valence-corrected chi connectivity index (χ1v) is 5.29. The molecule has 0 bridgehead atoms. The Labute approximate surface area is 96.0 Å². The van der Waals surface area contributed by atoms with Crippen LogP contribution in [-0.2, 0) is 4.74 Å². The molecule has 0 atom stereocenters. The van der Waals surface area contributed by atoms with Crippen LogP contribution in [0.15, 0.2) is 18.2 Å². The van der Waals surface area contributed by atoms with Gasteiger partial charge in [0.25, 0.3) is 0 Å². The molecule has 1 aromatic carbocycles. The SMILES string of the molecule is CC(C)OCCNc1cccc(C#N)c1N. The van der Waals surface area contributed by atoms with Gasteiger partial charge in [0.05, 0.1) is 29.6 Å². The van der Waals surface area contributed by atoms with Crippen molar-refractivity contribution in [1.82, 2.24) is 0 Å². The zero-order valence-corrected chi connectivity index (χ0v) is 9.66. The highest BCUT2D eigenvalue weighted by molar-refractivity contribution is 5.72. The Bertz CT molecular complexity index is 382. The number of hydrogen-bond donors (Lipinski definition) is 2. The molecule has 16 heavy (non-hydrogen) atoms. The Balaban J connectivity index is 2.52. The Morgan fingerprint density at radius 3 is 2.88 bits per heavy atom. The average molecular weight is 219 g/mol. The van der Waals surface area contributed by atoms with Crippen molar-refractivity contribution in [3.63, 3.8) is 0 Å². The van der Waals surface area contributed by atoms with Gasteiger partial charge in [-0.25, -0.2) is 0 Å². The summed E-state index contributed by atoms with van der Waals surface area (Å²) in [7, 11) is 0. The standard InChI is InChI=1S/C12H17N3O/c1-9(2)16-7-6-15-11-5-3-4-10(8-13)12(11)14/h3-5,9,15H,6-7,14H2,1-2H3. The molecule has 86 valence electrons. The lowest BCUT2D eigenvalue weighted by molar-refractivity contribution is 0.0871. The number of hydrogen-bond acceptors (Lipinski definition) is 4. The smallest absolute Gasteiger partial charge is 0.101 e. The van der Waals surface area contributed by atoms with Gasteiger partial charge in [-0.15, -0.1) is 0 Å². The van der Waals surface area contributed by atoms with E-state index >= 15 is 0 Å². The maximum atomic E-state index is 8.80. The molecule has 0 aromatic heterocycles. The van der Waals surface area contributed by atoms with E-state index in [9.17, 15) is 0 Å². The maximum Gasteiger partial charge on any atom is 0.101 e. The Morgan fingerprint density at radius 1 is 1.50 bits per heavy atom. The van der Waals surface area contributed by atoms with E-state index in [-0.39, 0.29) is 6.10 Å². The Hall–Kier alpha value is -1.73. The lowest BCUT2D eigenvalue weighted by Crippen LogP contribution is -2.14. The van der Waals surface area contributed by atoms with Gasteiger partial charge in [-0.1, -0.05) is 6.07 Å².